The van der Waals surface area contributed by atoms with Crippen molar-refractivity contribution in [1.29, 1.82) is 0 Å². The van der Waals surface area contributed by atoms with E-state index in [4.69, 9.17) is 11.6 Å². The van der Waals surface area contributed by atoms with Crippen molar-refractivity contribution in [2.24, 2.45) is 0 Å². The lowest BCUT2D eigenvalue weighted by Crippen LogP contribution is -2.15. The fourth-order valence-electron chi connectivity index (χ4n) is 3.07. The van der Waals surface area contributed by atoms with Crippen molar-refractivity contribution in [3.63, 3.8) is 0 Å². The van der Waals surface area contributed by atoms with Crippen molar-refractivity contribution in [2.45, 2.75) is 5.92 Å². The fraction of sp³-hybridized carbons (Fsp3) is 0.375. The number of nitrogens with zero attached hydrogens (tertiary/aromatic N) is 2. The van der Waals surface area contributed by atoms with E-state index in [2.05, 4.69) is 15.9 Å². The SMILES string of the molecule is CN(C)c1ccc2c(O)cc3c(c2c1)[C@H](CCl)CN3C. The molecular formula is C16H19ClN2O. The molecule has 3 rings (SSSR count). The minimum atomic E-state index is 0.317. The summed E-state index contributed by atoms with van der Waals surface area (Å²) >= 11 is 6.14. The van der Waals surface area contributed by atoms with Crippen molar-refractivity contribution in [3.8, 4) is 5.75 Å². The highest BCUT2D eigenvalue weighted by molar-refractivity contribution is 6.18. The molecule has 0 spiro atoms. The zero-order valence-corrected chi connectivity index (χ0v) is 12.8. The second kappa shape index (κ2) is 4.74. The third-order valence-corrected chi connectivity index (χ3v) is 4.51. The molecule has 3 nitrogen and oxygen atoms in total. The zero-order valence-electron chi connectivity index (χ0n) is 12.0. The topological polar surface area (TPSA) is 26.7 Å². The van der Waals surface area contributed by atoms with Gasteiger partial charge in [0, 0.05) is 62.3 Å². The smallest absolute Gasteiger partial charge is 0.125 e. The van der Waals surface area contributed by atoms with E-state index in [1.54, 1.807) is 0 Å². The van der Waals surface area contributed by atoms with Gasteiger partial charge in [-0.05, 0) is 29.1 Å². The van der Waals surface area contributed by atoms with Crippen molar-refractivity contribution < 1.29 is 5.11 Å². The van der Waals surface area contributed by atoms with E-state index >= 15 is 0 Å². The molecule has 20 heavy (non-hydrogen) atoms. The number of rotatable bonds is 2. The van der Waals surface area contributed by atoms with Crippen LogP contribution in [0.3, 0.4) is 0 Å². The quantitative estimate of drug-likeness (QED) is 0.859. The molecule has 1 heterocycles. The van der Waals surface area contributed by atoms with Gasteiger partial charge >= 0.3 is 0 Å². The van der Waals surface area contributed by atoms with Gasteiger partial charge in [-0.15, -0.1) is 11.6 Å². The monoisotopic (exact) mass is 290 g/mol. The standard InChI is InChI=1S/C16H19ClN2O/c1-18(2)11-4-5-12-13(6-11)16-10(8-17)9-19(3)14(16)7-15(12)20/h4-7,10,20H,8-9H2,1-3H3/t10-/m1/s1. The first-order valence-electron chi connectivity index (χ1n) is 6.77. The number of phenols is 1. The van der Waals surface area contributed by atoms with Crippen LogP contribution in [0.1, 0.15) is 11.5 Å². The Morgan fingerprint density at radius 2 is 2.05 bits per heavy atom. The molecule has 0 amide bonds. The van der Waals surface area contributed by atoms with Crippen LogP contribution in [-0.4, -0.2) is 38.7 Å². The Bertz CT molecular complexity index is 669. The Balaban J connectivity index is 2.34. The number of halogens is 1. The van der Waals surface area contributed by atoms with Crippen LogP contribution in [0.4, 0.5) is 11.4 Å². The van der Waals surface area contributed by atoms with Gasteiger partial charge in [0.25, 0.3) is 0 Å². The Morgan fingerprint density at radius 3 is 2.70 bits per heavy atom. The van der Waals surface area contributed by atoms with Gasteiger partial charge in [0.1, 0.15) is 5.75 Å². The van der Waals surface area contributed by atoms with Crippen molar-refractivity contribution in [2.75, 3.05) is 43.4 Å². The van der Waals surface area contributed by atoms with Crippen LogP contribution < -0.4 is 9.80 Å². The van der Waals surface area contributed by atoms with Crippen LogP contribution >= 0.6 is 11.6 Å². The number of aromatic hydroxyl groups is 1. The Labute approximate surface area is 124 Å². The molecule has 0 aromatic heterocycles. The largest absolute Gasteiger partial charge is 0.507 e. The summed E-state index contributed by atoms with van der Waals surface area (Å²) in [4.78, 5) is 4.24. The predicted molar refractivity (Wildman–Crippen MR) is 86.7 cm³/mol. The van der Waals surface area contributed by atoms with Gasteiger partial charge in [-0.2, -0.15) is 0 Å². The summed E-state index contributed by atoms with van der Waals surface area (Å²) in [5, 5.41) is 12.3. The average molecular weight is 291 g/mol. The molecule has 0 radical (unpaired) electrons. The van der Waals surface area contributed by atoms with Gasteiger partial charge in [0.05, 0.1) is 0 Å². The van der Waals surface area contributed by atoms with E-state index in [0.717, 1.165) is 28.7 Å². The summed E-state index contributed by atoms with van der Waals surface area (Å²) in [5.41, 5.74) is 3.49. The minimum Gasteiger partial charge on any atom is -0.507 e. The lowest BCUT2D eigenvalue weighted by molar-refractivity contribution is 0.481. The molecule has 0 saturated carbocycles. The third kappa shape index (κ3) is 1.88. The molecule has 1 aliphatic heterocycles. The maximum atomic E-state index is 10.3. The molecule has 1 N–H and O–H groups in total. The first kappa shape index (κ1) is 13.4. The van der Waals surface area contributed by atoms with Crippen molar-refractivity contribution >= 4 is 33.7 Å². The summed E-state index contributed by atoms with van der Waals surface area (Å²) in [6.45, 7) is 0.906. The van der Waals surface area contributed by atoms with Gasteiger partial charge < -0.3 is 14.9 Å². The number of fused-ring (bicyclic) bond motifs is 3. The zero-order chi connectivity index (χ0) is 14.4. The Morgan fingerprint density at radius 1 is 1.30 bits per heavy atom. The maximum absolute atomic E-state index is 10.3. The summed E-state index contributed by atoms with van der Waals surface area (Å²) in [6.07, 6.45) is 0. The predicted octanol–water partition coefficient (Wildman–Crippen LogP) is 3.38. The van der Waals surface area contributed by atoms with Gasteiger partial charge in [0.2, 0.25) is 0 Å². The molecule has 0 aliphatic carbocycles. The number of likely N-dealkylation sites (N-methyl/N-ethyl adjacent to an activating group) is 1. The van der Waals surface area contributed by atoms with Crippen LogP contribution in [0, 0.1) is 0 Å². The third-order valence-electron chi connectivity index (χ3n) is 4.14. The second-order valence-electron chi connectivity index (χ2n) is 5.68. The van der Waals surface area contributed by atoms with Crippen LogP contribution in [0.5, 0.6) is 5.75 Å². The Kier molecular flexibility index (Phi) is 3.17. The van der Waals surface area contributed by atoms with Crippen molar-refractivity contribution in [1.82, 2.24) is 0 Å². The lowest BCUT2D eigenvalue weighted by Gasteiger charge is -2.17. The summed E-state index contributed by atoms with van der Waals surface area (Å²) in [6, 6.07) is 8.03. The van der Waals surface area contributed by atoms with E-state index in [1.807, 2.05) is 39.3 Å². The first-order chi connectivity index (χ1) is 9.52. The Hall–Kier alpha value is -1.61. The lowest BCUT2D eigenvalue weighted by atomic mass is 9.95. The second-order valence-corrected chi connectivity index (χ2v) is 5.99. The first-order valence-corrected chi connectivity index (χ1v) is 7.30. The molecule has 0 unspecified atom stereocenters. The summed E-state index contributed by atoms with van der Waals surface area (Å²) < 4.78 is 0. The van der Waals surface area contributed by atoms with Crippen LogP contribution in [0.15, 0.2) is 24.3 Å². The molecule has 0 saturated heterocycles. The van der Waals surface area contributed by atoms with E-state index in [-0.39, 0.29) is 0 Å². The van der Waals surface area contributed by atoms with Crippen LogP contribution in [0.2, 0.25) is 0 Å². The van der Waals surface area contributed by atoms with E-state index in [0.29, 0.717) is 17.5 Å². The molecule has 2 aromatic carbocycles. The molecule has 4 heteroatoms. The highest BCUT2D eigenvalue weighted by Gasteiger charge is 2.29. The molecule has 2 aromatic rings. The maximum Gasteiger partial charge on any atom is 0.125 e. The van der Waals surface area contributed by atoms with Gasteiger partial charge in [0.15, 0.2) is 0 Å². The van der Waals surface area contributed by atoms with Gasteiger partial charge in [-0.1, -0.05) is 0 Å². The highest BCUT2D eigenvalue weighted by atomic mass is 35.5. The number of alkyl halides is 1. The fourth-order valence-corrected chi connectivity index (χ4v) is 3.32. The molecular weight excluding hydrogens is 272 g/mol. The van der Waals surface area contributed by atoms with Crippen LogP contribution in [0.25, 0.3) is 10.8 Å². The molecule has 0 bridgehead atoms. The molecule has 106 valence electrons. The van der Waals surface area contributed by atoms with Crippen molar-refractivity contribution in [3.05, 3.63) is 29.8 Å². The number of phenolic OH excluding ortho intramolecular Hbond substituents is 1. The van der Waals surface area contributed by atoms with E-state index in [1.165, 1.54) is 5.56 Å². The molecule has 1 atom stereocenters. The number of hydrogen-bond acceptors (Lipinski definition) is 3. The molecule has 0 fully saturated rings. The summed E-state index contributed by atoms with van der Waals surface area (Å²) in [5.74, 6) is 1.26. The number of benzene rings is 2. The number of hydrogen-bond donors (Lipinski definition) is 1. The van der Waals surface area contributed by atoms with Gasteiger partial charge in [-0.25, -0.2) is 0 Å². The normalized spacial score (nSPS) is 17.6. The minimum absolute atomic E-state index is 0.317. The van der Waals surface area contributed by atoms with E-state index < -0.39 is 0 Å². The molecule has 1 aliphatic rings. The van der Waals surface area contributed by atoms with Gasteiger partial charge in [-0.3, -0.25) is 0 Å². The van der Waals surface area contributed by atoms with E-state index in [9.17, 15) is 5.11 Å². The average Bonchev–Trinajstić information content (AvgIpc) is 2.75. The highest BCUT2D eigenvalue weighted by Crippen LogP contribution is 2.45. The number of anilines is 2. The summed E-state index contributed by atoms with van der Waals surface area (Å²) in [7, 11) is 6.09. The van der Waals surface area contributed by atoms with Crippen LogP contribution in [-0.2, 0) is 0 Å².